The van der Waals surface area contributed by atoms with Gasteiger partial charge in [-0.05, 0) is 14.1 Å². The summed E-state index contributed by atoms with van der Waals surface area (Å²) in [5.74, 6) is -0.187. The van der Waals surface area contributed by atoms with E-state index in [0.717, 1.165) is 6.54 Å². The molecule has 18 heavy (non-hydrogen) atoms. The number of methoxy groups -OCH3 is 1. The molecule has 1 N–H and O–H groups in total. The first-order valence-electron chi connectivity index (χ1n) is 6.23. The number of nitrogens with one attached hydrogen (secondary N) is 1. The fraction of sp³-hybridized carbons (Fsp3) is 0.833. The van der Waals surface area contributed by atoms with Crippen LogP contribution in [0.4, 0.5) is 0 Å². The van der Waals surface area contributed by atoms with Crippen molar-refractivity contribution in [3.05, 3.63) is 0 Å². The Morgan fingerprint density at radius 1 is 1.56 bits per heavy atom. The van der Waals surface area contributed by atoms with Gasteiger partial charge >= 0.3 is 0 Å². The Labute approximate surface area is 108 Å². The van der Waals surface area contributed by atoms with Crippen molar-refractivity contribution in [2.75, 3.05) is 54.0 Å². The molecule has 0 aromatic heterocycles. The van der Waals surface area contributed by atoms with Gasteiger partial charge in [-0.25, -0.2) is 0 Å². The van der Waals surface area contributed by atoms with E-state index >= 15 is 0 Å². The Balaban J connectivity index is 2.33. The number of likely N-dealkylation sites (tertiary alicyclic amines) is 1. The molecule has 1 fully saturated rings. The first-order valence-corrected chi connectivity index (χ1v) is 6.23. The second-order valence-electron chi connectivity index (χ2n) is 4.83. The number of hydrogen-bond acceptors (Lipinski definition) is 4. The molecule has 0 spiro atoms. The summed E-state index contributed by atoms with van der Waals surface area (Å²) >= 11 is 0. The molecule has 0 radical (unpaired) electrons. The van der Waals surface area contributed by atoms with E-state index in [9.17, 15) is 9.59 Å². The monoisotopic (exact) mass is 257 g/mol. The highest BCUT2D eigenvalue weighted by Gasteiger charge is 2.33. The minimum absolute atomic E-state index is 0.0484. The highest BCUT2D eigenvalue weighted by atomic mass is 16.5. The third-order valence-electron chi connectivity index (χ3n) is 3.01. The van der Waals surface area contributed by atoms with Crippen molar-refractivity contribution in [2.45, 2.75) is 6.42 Å². The molecule has 1 saturated heterocycles. The SMILES string of the molecule is COCCNC(=O)C1CC(=O)N(CCN(C)C)C1. The summed E-state index contributed by atoms with van der Waals surface area (Å²) < 4.78 is 4.86. The fourth-order valence-electron chi connectivity index (χ4n) is 1.91. The van der Waals surface area contributed by atoms with Crippen LogP contribution in [-0.4, -0.2) is 75.6 Å². The van der Waals surface area contributed by atoms with Crippen LogP contribution in [0.2, 0.25) is 0 Å². The quantitative estimate of drug-likeness (QED) is 0.604. The fourth-order valence-corrected chi connectivity index (χ4v) is 1.91. The maximum atomic E-state index is 11.8. The van der Waals surface area contributed by atoms with Crippen molar-refractivity contribution in [3.63, 3.8) is 0 Å². The molecule has 0 saturated carbocycles. The van der Waals surface area contributed by atoms with E-state index in [4.69, 9.17) is 4.74 Å². The van der Waals surface area contributed by atoms with Gasteiger partial charge in [-0.3, -0.25) is 9.59 Å². The van der Waals surface area contributed by atoms with E-state index in [1.165, 1.54) is 0 Å². The number of carbonyl (C=O) groups excluding carboxylic acids is 2. The second kappa shape index (κ2) is 7.33. The molecule has 1 unspecified atom stereocenters. The van der Waals surface area contributed by atoms with Gasteiger partial charge in [0.2, 0.25) is 11.8 Å². The van der Waals surface area contributed by atoms with E-state index in [1.54, 1.807) is 12.0 Å². The normalized spacial score (nSPS) is 19.7. The summed E-state index contributed by atoms with van der Waals surface area (Å²) in [6.07, 6.45) is 0.326. The van der Waals surface area contributed by atoms with Crippen LogP contribution in [0.25, 0.3) is 0 Å². The van der Waals surface area contributed by atoms with Crippen LogP contribution in [0.15, 0.2) is 0 Å². The molecular formula is C12H23N3O3. The van der Waals surface area contributed by atoms with Crippen LogP contribution in [0.5, 0.6) is 0 Å². The molecule has 2 amide bonds. The average Bonchev–Trinajstić information content (AvgIpc) is 2.68. The number of nitrogens with zero attached hydrogens (tertiary/aromatic N) is 2. The highest BCUT2D eigenvalue weighted by Crippen LogP contribution is 2.17. The summed E-state index contributed by atoms with van der Waals surface area (Å²) in [5.41, 5.74) is 0. The predicted octanol–water partition coefficient (Wildman–Crippen LogP) is -0.841. The summed E-state index contributed by atoms with van der Waals surface area (Å²) in [6, 6.07) is 0. The van der Waals surface area contributed by atoms with Crippen LogP contribution in [0.1, 0.15) is 6.42 Å². The van der Waals surface area contributed by atoms with Crippen LogP contribution in [-0.2, 0) is 14.3 Å². The molecule has 1 atom stereocenters. The van der Waals surface area contributed by atoms with Gasteiger partial charge in [0, 0.05) is 39.7 Å². The Kier molecular flexibility index (Phi) is 6.07. The molecule has 0 bridgehead atoms. The van der Waals surface area contributed by atoms with Gasteiger partial charge in [0.1, 0.15) is 0 Å². The third kappa shape index (κ3) is 4.62. The number of amides is 2. The lowest BCUT2D eigenvalue weighted by atomic mass is 10.1. The van der Waals surface area contributed by atoms with Crippen molar-refractivity contribution < 1.29 is 14.3 Å². The lowest BCUT2D eigenvalue weighted by Crippen LogP contribution is -2.36. The van der Waals surface area contributed by atoms with Crippen LogP contribution in [0, 0.1) is 5.92 Å². The lowest BCUT2D eigenvalue weighted by Gasteiger charge is -2.19. The number of ether oxygens (including phenoxy) is 1. The first kappa shape index (κ1) is 14.9. The smallest absolute Gasteiger partial charge is 0.225 e. The molecule has 0 aromatic carbocycles. The van der Waals surface area contributed by atoms with Crippen molar-refractivity contribution in [1.29, 1.82) is 0 Å². The third-order valence-corrected chi connectivity index (χ3v) is 3.01. The van der Waals surface area contributed by atoms with E-state index in [1.807, 2.05) is 19.0 Å². The Morgan fingerprint density at radius 3 is 2.89 bits per heavy atom. The van der Waals surface area contributed by atoms with Gasteiger partial charge < -0.3 is 19.9 Å². The number of likely N-dealkylation sites (N-methyl/N-ethyl adjacent to an activating group) is 1. The summed E-state index contributed by atoms with van der Waals surface area (Å²) in [4.78, 5) is 27.3. The van der Waals surface area contributed by atoms with Gasteiger partial charge in [0.25, 0.3) is 0 Å². The molecule has 1 heterocycles. The Morgan fingerprint density at radius 2 is 2.28 bits per heavy atom. The van der Waals surface area contributed by atoms with Crippen molar-refractivity contribution in [2.24, 2.45) is 5.92 Å². The van der Waals surface area contributed by atoms with Gasteiger partial charge in [-0.15, -0.1) is 0 Å². The number of hydrogen-bond donors (Lipinski definition) is 1. The highest BCUT2D eigenvalue weighted by molar-refractivity contribution is 5.89. The molecule has 0 aromatic rings. The molecule has 6 heteroatoms. The minimum atomic E-state index is -0.212. The van der Waals surface area contributed by atoms with E-state index in [2.05, 4.69) is 5.32 Å². The average molecular weight is 257 g/mol. The molecule has 6 nitrogen and oxygen atoms in total. The Hall–Kier alpha value is -1.14. The summed E-state index contributed by atoms with van der Waals surface area (Å²) in [6.45, 7) is 3.04. The molecular weight excluding hydrogens is 234 g/mol. The molecule has 1 aliphatic rings. The van der Waals surface area contributed by atoms with E-state index in [0.29, 0.717) is 32.7 Å². The van der Waals surface area contributed by atoms with Crippen molar-refractivity contribution in [1.82, 2.24) is 15.1 Å². The van der Waals surface area contributed by atoms with Crippen LogP contribution < -0.4 is 5.32 Å². The van der Waals surface area contributed by atoms with Gasteiger partial charge in [-0.1, -0.05) is 0 Å². The largest absolute Gasteiger partial charge is 0.383 e. The van der Waals surface area contributed by atoms with Gasteiger partial charge in [0.15, 0.2) is 0 Å². The molecule has 1 rings (SSSR count). The molecule has 1 aliphatic heterocycles. The van der Waals surface area contributed by atoms with Crippen molar-refractivity contribution in [3.8, 4) is 0 Å². The molecule has 104 valence electrons. The Bertz CT molecular complexity index is 294. The van der Waals surface area contributed by atoms with Crippen LogP contribution in [0.3, 0.4) is 0 Å². The lowest BCUT2D eigenvalue weighted by molar-refractivity contribution is -0.129. The standard InChI is InChI=1S/C12H23N3O3/c1-14(2)5-6-15-9-10(8-11(15)16)12(17)13-4-7-18-3/h10H,4-9H2,1-3H3,(H,13,17). The van der Waals surface area contributed by atoms with Gasteiger partial charge in [-0.2, -0.15) is 0 Å². The number of rotatable bonds is 7. The maximum Gasteiger partial charge on any atom is 0.225 e. The van der Waals surface area contributed by atoms with Crippen LogP contribution >= 0.6 is 0 Å². The summed E-state index contributed by atoms with van der Waals surface area (Å²) in [5, 5.41) is 2.78. The molecule has 0 aliphatic carbocycles. The topological polar surface area (TPSA) is 61.9 Å². The zero-order chi connectivity index (χ0) is 13.5. The zero-order valence-corrected chi connectivity index (χ0v) is 11.4. The van der Waals surface area contributed by atoms with E-state index in [-0.39, 0.29) is 17.7 Å². The summed E-state index contributed by atoms with van der Waals surface area (Å²) in [7, 11) is 5.53. The maximum absolute atomic E-state index is 11.8. The van der Waals surface area contributed by atoms with Gasteiger partial charge in [0.05, 0.1) is 12.5 Å². The predicted molar refractivity (Wildman–Crippen MR) is 68.1 cm³/mol. The second-order valence-corrected chi connectivity index (χ2v) is 4.83. The zero-order valence-electron chi connectivity index (χ0n) is 11.4. The number of carbonyl (C=O) groups is 2. The minimum Gasteiger partial charge on any atom is -0.383 e. The first-order chi connectivity index (χ1) is 8.54. The van der Waals surface area contributed by atoms with E-state index < -0.39 is 0 Å². The van der Waals surface area contributed by atoms with Crippen molar-refractivity contribution >= 4 is 11.8 Å².